The highest BCUT2D eigenvalue weighted by Gasteiger charge is 2.13. The number of anilines is 3. The van der Waals surface area contributed by atoms with Crippen molar-refractivity contribution in [3.8, 4) is 0 Å². The molecule has 0 unspecified atom stereocenters. The second kappa shape index (κ2) is 9.06. The lowest BCUT2D eigenvalue weighted by Crippen LogP contribution is -2.26. The van der Waals surface area contributed by atoms with Gasteiger partial charge in [0.05, 0.1) is 6.54 Å². The quantitative estimate of drug-likeness (QED) is 0.648. The van der Waals surface area contributed by atoms with Crippen LogP contribution in [0.15, 0.2) is 72.8 Å². The Morgan fingerprint density at radius 1 is 0.828 bits per heavy atom. The summed E-state index contributed by atoms with van der Waals surface area (Å²) in [4.78, 5) is 26.5. The van der Waals surface area contributed by atoms with E-state index in [-0.39, 0.29) is 18.4 Å². The van der Waals surface area contributed by atoms with Crippen LogP contribution in [0.4, 0.5) is 17.1 Å². The summed E-state index contributed by atoms with van der Waals surface area (Å²) in [5.41, 5.74) is 5.21. The van der Waals surface area contributed by atoms with Gasteiger partial charge < -0.3 is 15.5 Å². The molecule has 0 fully saturated rings. The second-order valence-corrected chi connectivity index (χ2v) is 6.95. The van der Waals surface area contributed by atoms with Gasteiger partial charge in [-0.2, -0.15) is 0 Å². The van der Waals surface area contributed by atoms with E-state index in [4.69, 9.17) is 0 Å². The molecule has 29 heavy (non-hydrogen) atoms. The van der Waals surface area contributed by atoms with Crippen molar-refractivity contribution in [1.82, 2.24) is 0 Å². The van der Waals surface area contributed by atoms with Crippen molar-refractivity contribution in [3.63, 3.8) is 0 Å². The van der Waals surface area contributed by atoms with Crippen LogP contribution in [0.5, 0.6) is 0 Å². The molecule has 0 saturated heterocycles. The van der Waals surface area contributed by atoms with Crippen LogP contribution in [0.1, 0.15) is 21.5 Å². The Labute approximate surface area is 171 Å². The number of nitrogens with zero attached hydrogens (tertiary/aromatic N) is 1. The lowest BCUT2D eigenvalue weighted by Gasteiger charge is -2.17. The zero-order valence-electron chi connectivity index (χ0n) is 16.9. The maximum absolute atomic E-state index is 12.6. The van der Waals surface area contributed by atoms with Crippen molar-refractivity contribution in [1.29, 1.82) is 0 Å². The Kier molecular flexibility index (Phi) is 6.29. The molecule has 0 saturated carbocycles. The first-order chi connectivity index (χ1) is 14.0. The Balaban J connectivity index is 1.59. The number of amides is 2. The van der Waals surface area contributed by atoms with Gasteiger partial charge in [-0.25, -0.2) is 0 Å². The molecule has 0 heterocycles. The summed E-state index contributed by atoms with van der Waals surface area (Å²) >= 11 is 0. The third-order valence-electron chi connectivity index (χ3n) is 4.77. The molecular weight excluding hydrogens is 362 g/mol. The first kappa shape index (κ1) is 20.1. The van der Waals surface area contributed by atoms with Crippen LogP contribution in [0, 0.1) is 13.8 Å². The van der Waals surface area contributed by atoms with E-state index in [0.717, 1.165) is 22.5 Å². The highest BCUT2D eigenvalue weighted by molar-refractivity contribution is 6.06. The van der Waals surface area contributed by atoms with Gasteiger partial charge in [0.25, 0.3) is 5.91 Å². The number of carbonyl (C=O) groups is 2. The average molecular weight is 387 g/mol. The molecule has 3 aromatic rings. The van der Waals surface area contributed by atoms with Crippen molar-refractivity contribution in [2.75, 3.05) is 29.1 Å². The molecule has 0 aliphatic rings. The second-order valence-electron chi connectivity index (χ2n) is 6.95. The van der Waals surface area contributed by atoms with Crippen LogP contribution < -0.4 is 15.5 Å². The highest BCUT2D eigenvalue weighted by Crippen LogP contribution is 2.19. The standard InChI is InChI=1S/C24H25N3O2/c1-17-8-7-9-18(2)23(17)25-16-22(28)26-20-14-12-19(13-15-20)24(29)27(3)21-10-5-4-6-11-21/h4-15,25H,16H2,1-3H3,(H,26,28). The van der Waals surface area contributed by atoms with Crippen LogP contribution in [0.25, 0.3) is 0 Å². The van der Waals surface area contributed by atoms with Crippen molar-refractivity contribution in [3.05, 3.63) is 89.5 Å². The Bertz CT molecular complexity index is 978. The molecule has 0 spiro atoms. The maximum atomic E-state index is 12.6. The Hall–Kier alpha value is -3.60. The molecule has 3 rings (SSSR count). The molecule has 5 heteroatoms. The molecule has 0 atom stereocenters. The highest BCUT2D eigenvalue weighted by atomic mass is 16.2. The molecule has 0 radical (unpaired) electrons. The predicted molar refractivity (Wildman–Crippen MR) is 119 cm³/mol. The topological polar surface area (TPSA) is 61.4 Å². The van der Waals surface area contributed by atoms with Crippen LogP contribution >= 0.6 is 0 Å². The van der Waals surface area contributed by atoms with Gasteiger partial charge in [-0.1, -0.05) is 36.4 Å². The fraction of sp³-hybridized carbons (Fsp3) is 0.167. The molecule has 0 bridgehead atoms. The largest absolute Gasteiger partial charge is 0.376 e. The van der Waals surface area contributed by atoms with E-state index in [9.17, 15) is 9.59 Å². The summed E-state index contributed by atoms with van der Waals surface area (Å²) < 4.78 is 0. The number of carbonyl (C=O) groups excluding carboxylic acids is 2. The van der Waals surface area contributed by atoms with Gasteiger partial charge in [0.15, 0.2) is 0 Å². The minimum atomic E-state index is -0.145. The van der Waals surface area contributed by atoms with Gasteiger partial charge in [-0.15, -0.1) is 0 Å². The number of hydrogen-bond acceptors (Lipinski definition) is 3. The number of rotatable bonds is 6. The maximum Gasteiger partial charge on any atom is 0.258 e. The minimum absolute atomic E-state index is 0.106. The van der Waals surface area contributed by atoms with E-state index < -0.39 is 0 Å². The van der Waals surface area contributed by atoms with Gasteiger partial charge in [0.1, 0.15) is 0 Å². The van der Waals surface area contributed by atoms with E-state index in [1.165, 1.54) is 0 Å². The van der Waals surface area contributed by atoms with Gasteiger partial charge in [-0.3, -0.25) is 9.59 Å². The van der Waals surface area contributed by atoms with Crippen LogP contribution in [0.2, 0.25) is 0 Å². The molecule has 0 aromatic heterocycles. The number of para-hydroxylation sites is 2. The number of nitrogens with one attached hydrogen (secondary N) is 2. The summed E-state index contributed by atoms with van der Waals surface area (Å²) in [7, 11) is 1.74. The molecule has 5 nitrogen and oxygen atoms in total. The molecule has 2 N–H and O–H groups in total. The Morgan fingerprint density at radius 2 is 1.45 bits per heavy atom. The molecule has 148 valence electrons. The SMILES string of the molecule is Cc1cccc(C)c1NCC(=O)Nc1ccc(C(=O)N(C)c2ccccc2)cc1. The van der Waals surface area contributed by atoms with Gasteiger partial charge in [0, 0.05) is 29.7 Å². The van der Waals surface area contributed by atoms with Crippen LogP contribution in [0.3, 0.4) is 0 Å². The third-order valence-corrected chi connectivity index (χ3v) is 4.77. The van der Waals surface area contributed by atoms with E-state index in [1.54, 1.807) is 36.2 Å². The lowest BCUT2D eigenvalue weighted by atomic mass is 10.1. The van der Waals surface area contributed by atoms with E-state index in [0.29, 0.717) is 11.3 Å². The van der Waals surface area contributed by atoms with E-state index in [1.807, 2.05) is 62.4 Å². The van der Waals surface area contributed by atoms with Crippen molar-refractivity contribution >= 4 is 28.9 Å². The predicted octanol–water partition coefficient (Wildman–Crippen LogP) is 4.63. The molecule has 2 amide bonds. The molecule has 0 aliphatic carbocycles. The van der Waals surface area contributed by atoms with Gasteiger partial charge in [0.2, 0.25) is 5.91 Å². The van der Waals surface area contributed by atoms with Crippen molar-refractivity contribution < 1.29 is 9.59 Å². The normalized spacial score (nSPS) is 10.3. The fourth-order valence-electron chi connectivity index (χ4n) is 3.13. The molecule has 3 aromatic carbocycles. The lowest BCUT2D eigenvalue weighted by molar-refractivity contribution is -0.114. The summed E-state index contributed by atoms with van der Waals surface area (Å²) in [6.07, 6.45) is 0. The first-order valence-electron chi connectivity index (χ1n) is 9.49. The summed E-state index contributed by atoms with van der Waals surface area (Å²) in [5.74, 6) is -0.251. The molecular formula is C24H25N3O2. The number of hydrogen-bond donors (Lipinski definition) is 2. The van der Waals surface area contributed by atoms with Crippen LogP contribution in [-0.4, -0.2) is 25.4 Å². The van der Waals surface area contributed by atoms with E-state index in [2.05, 4.69) is 10.6 Å². The van der Waals surface area contributed by atoms with E-state index >= 15 is 0 Å². The summed E-state index contributed by atoms with van der Waals surface area (Å²) in [6, 6.07) is 22.4. The average Bonchev–Trinajstić information content (AvgIpc) is 2.73. The smallest absolute Gasteiger partial charge is 0.258 e. The monoisotopic (exact) mass is 387 g/mol. The molecule has 0 aliphatic heterocycles. The minimum Gasteiger partial charge on any atom is -0.376 e. The van der Waals surface area contributed by atoms with Gasteiger partial charge in [-0.05, 0) is 61.4 Å². The Morgan fingerprint density at radius 3 is 2.07 bits per heavy atom. The van der Waals surface area contributed by atoms with Gasteiger partial charge >= 0.3 is 0 Å². The van der Waals surface area contributed by atoms with Crippen LogP contribution in [-0.2, 0) is 4.79 Å². The first-order valence-corrected chi connectivity index (χ1v) is 9.49. The third kappa shape index (κ3) is 5.02. The summed E-state index contributed by atoms with van der Waals surface area (Å²) in [6.45, 7) is 4.19. The summed E-state index contributed by atoms with van der Waals surface area (Å²) in [5, 5.41) is 6.04. The zero-order valence-corrected chi connectivity index (χ0v) is 16.9. The number of aryl methyl sites for hydroxylation is 2. The fourth-order valence-corrected chi connectivity index (χ4v) is 3.13. The number of benzene rings is 3. The van der Waals surface area contributed by atoms with Crippen molar-refractivity contribution in [2.24, 2.45) is 0 Å². The van der Waals surface area contributed by atoms with Crippen molar-refractivity contribution in [2.45, 2.75) is 13.8 Å². The zero-order chi connectivity index (χ0) is 20.8.